The Bertz CT molecular complexity index is 470. The quantitative estimate of drug-likeness (QED) is 0.474. The highest BCUT2D eigenvalue weighted by molar-refractivity contribution is 5.89. The van der Waals surface area contributed by atoms with Crippen LogP contribution in [0.5, 0.6) is 0 Å². The van der Waals surface area contributed by atoms with E-state index in [9.17, 15) is 14.9 Å². The summed E-state index contributed by atoms with van der Waals surface area (Å²) in [5.74, 6) is -0.469. The first-order valence-corrected chi connectivity index (χ1v) is 6.19. The van der Waals surface area contributed by atoms with Crippen LogP contribution in [-0.4, -0.2) is 29.7 Å². The molecule has 0 bridgehead atoms. The smallest absolute Gasteiger partial charge is 0.338 e. The maximum Gasteiger partial charge on any atom is 0.338 e. The topological polar surface area (TPSA) is 78.7 Å². The molecule has 1 aliphatic rings. The molecule has 0 aromatic heterocycles. The second kappa shape index (κ2) is 5.79. The van der Waals surface area contributed by atoms with Gasteiger partial charge in [-0.15, -0.1) is 0 Å². The molecule has 19 heavy (non-hydrogen) atoms. The number of carbonyl (C=O) groups excluding carboxylic acids is 1. The molecule has 1 aromatic carbocycles. The van der Waals surface area contributed by atoms with Crippen molar-refractivity contribution in [3.63, 3.8) is 0 Å². The normalized spacial score (nSPS) is 22.2. The van der Waals surface area contributed by atoms with E-state index in [-0.39, 0.29) is 17.9 Å². The first-order chi connectivity index (χ1) is 9.11. The van der Waals surface area contributed by atoms with E-state index in [0.717, 1.165) is 6.42 Å². The fourth-order valence-corrected chi connectivity index (χ4v) is 2.07. The van der Waals surface area contributed by atoms with Crippen LogP contribution in [0.4, 0.5) is 5.69 Å². The predicted octanol–water partition coefficient (Wildman–Crippen LogP) is 2.32. The molecule has 1 saturated heterocycles. The van der Waals surface area contributed by atoms with E-state index in [1.54, 1.807) is 0 Å². The molecule has 6 heteroatoms. The van der Waals surface area contributed by atoms with Gasteiger partial charge in [0, 0.05) is 18.6 Å². The number of hydrogen-bond acceptors (Lipinski definition) is 5. The minimum absolute atomic E-state index is 0.0489. The number of nitrogens with zero attached hydrogens (tertiary/aromatic N) is 1. The van der Waals surface area contributed by atoms with Crippen LogP contribution in [0.1, 0.15) is 30.1 Å². The van der Waals surface area contributed by atoms with Crippen molar-refractivity contribution in [3.05, 3.63) is 39.9 Å². The van der Waals surface area contributed by atoms with E-state index in [1.807, 2.05) is 6.92 Å². The second-order valence-electron chi connectivity index (χ2n) is 4.35. The molecule has 2 atom stereocenters. The van der Waals surface area contributed by atoms with Gasteiger partial charge >= 0.3 is 5.97 Å². The van der Waals surface area contributed by atoms with Crippen LogP contribution < -0.4 is 0 Å². The molecule has 2 rings (SSSR count). The maximum atomic E-state index is 11.9. The lowest BCUT2D eigenvalue weighted by atomic mass is 10.1. The van der Waals surface area contributed by atoms with Crippen LogP contribution in [-0.2, 0) is 9.47 Å². The fourth-order valence-electron chi connectivity index (χ4n) is 2.07. The van der Waals surface area contributed by atoms with Gasteiger partial charge in [-0.05, 0) is 18.6 Å². The zero-order valence-electron chi connectivity index (χ0n) is 10.6. The molecule has 0 radical (unpaired) electrons. The summed E-state index contributed by atoms with van der Waals surface area (Å²) in [6, 6.07) is 5.38. The van der Waals surface area contributed by atoms with Crippen molar-refractivity contribution in [1.29, 1.82) is 0 Å². The van der Waals surface area contributed by atoms with E-state index >= 15 is 0 Å². The van der Waals surface area contributed by atoms with Gasteiger partial charge in [0.25, 0.3) is 5.69 Å². The highest BCUT2D eigenvalue weighted by atomic mass is 16.6. The Kier molecular flexibility index (Phi) is 4.11. The Balaban J connectivity index is 2.01. The van der Waals surface area contributed by atoms with Crippen LogP contribution in [0, 0.1) is 10.1 Å². The second-order valence-corrected chi connectivity index (χ2v) is 4.35. The summed E-state index contributed by atoms with van der Waals surface area (Å²) in [5.41, 5.74) is 0.263. The number of nitro benzene ring substituents is 1. The van der Waals surface area contributed by atoms with Crippen molar-refractivity contribution in [3.8, 4) is 0 Å². The molecule has 0 aliphatic carbocycles. The average molecular weight is 265 g/mol. The third-order valence-electron chi connectivity index (χ3n) is 3.12. The zero-order chi connectivity index (χ0) is 13.8. The summed E-state index contributed by atoms with van der Waals surface area (Å²) < 4.78 is 10.8. The third-order valence-corrected chi connectivity index (χ3v) is 3.12. The highest BCUT2D eigenvalue weighted by Crippen LogP contribution is 2.21. The van der Waals surface area contributed by atoms with Crippen LogP contribution in [0.15, 0.2) is 24.3 Å². The Labute approximate surface area is 110 Å². The average Bonchev–Trinajstić information content (AvgIpc) is 2.86. The van der Waals surface area contributed by atoms with Gasteiger partial charge in [0.2, 0.25) is 0 Å². The van der Waals surface area contributed by atoms with Gasteiger partial charge in [-0.25, -0.2) is 4.79 Å². The molecule has 6 nitrogen and oxygen atoms in total. The van der Waals surface area contributed by atoms with Gasteiger partial charge in [0.05, 0.1) is 23.2 Å². The molecule has 1 fully saturated rings. The lowest BCUT2D eigenvalue weighted by Gasteiger charge is -2.17. The number of benzene rings is 1. The first-order valence-electron chi connectivity index (χ1n) is 6.19. The molecule has 1 heterocycles. The largest absolute Gasteiger partial charge is 0.456 e. The van der Waals surface area contributed by atoms with E-state index in [0.29, 0.717) is 18.6 Å². The zero-order valence-corrected chi connectivity index (χ0v) is 10.6. The number of rotatable bonds is 4. The van der Waals surface area contributed by atoms with Crippen molar-refractivity contribution >= 4 is 11.7 Å². The Hall–Kier alpha value is -1.95. The first kappa shape index (κ1) is 13.5. The number of hydrogen-bond donors (Lipinski definition) is 0. The molecular weight excluding hydrogens is 250 g/mol. The molecule has 0 saturated carbocycles. The summed E-state index contributed by atoms with van der Waals surface area (Å²) in [6.45, 7) is 2.57. The van der Waals surface area contributed by atoms with Gasteiger partial charge in [-0.2, -0.15) is 0 Å². The molecule has 0 spiro atoms. The Morgan fingerprint density at radius 2 is 2.16 bits per heavy atom. The van der Waals surface area contributed by atoms with Gasteiger partial charge < -0.3 is 9.47 Å². The highest BCUT2D eigenvalue weighted by Gasteiger charge is 2.30. The number of esters is 1. The van der Waals surface area contributed by atoms with E-state index < -0.39 is 10.9 Å². The third kappa shape index (κ3) is 3.08. The van der Waals surface area contributed by atoms with Crippen molar-refractivity contribution in [1.82, 2.24) is 0 Å². The minimum Gasteiger partial charge on any atom is -0.456 e. The molecule has 102 valence electrons. The van der Waals surface area contributed by atoms with E-state index in [2.05, 4.69) is 0 Å². The standard InChI is InChI=1S/C13H15NO5/c1-2-11-12(7-8-18-11)19-13(15)9-3-5-10(6-4-9)14(16)17/h3-6,11-12H,2,7-8H2,1H3/t11-,12+/m1/s1. The molecule has 0 amide bonds. The van der Waals surface area contributed by atoms with Gasteiger partial charge in [0.15, 0.2) is 0 Å². The van der Waals surface area contributed by atoms with Crippen LogP contribution in [0.3, 0.4) is 0 Å². The number of carbonyl (C=O) groups is 1. The van der Waals surface area contributed by atoms with Gasteiger partial charge in [-0.1, -0.05) is 6.92 Å². The number of non-ortho nitro benzene ring substituents is 1. The molecule has 0 N–H and O–H groups in total. The predicted molar refractivity (Wildman–Crippen MR) is 66.9 cm³/mol. The molecular formula is C13H15NO5. The Morgan fingerprint density at radius 1 is 1.47 bits per heavy atom. The summed E-state index contributed by atoms with van der Waals surface area (Å²) in [6.07, 6.45) is 1.20. The molecule has 1 aliphatic heterocycles. The Morgan fingerprint density at radius 3 is 2.74 bits per heavy atom. The lowest BCUT2D eigenvalue weighted by Crippen LogP contribution is -2.26. The van der Waals surface area contributed by atoms with E-state index in [4.69, 9.17) is 9.47 Å². The minimum atomic E-state index is -0.507. The summed E-state index contributed by atoms with van der Waals surface area (Å²) in [4.78, 5) is 21.9. The van der Waals surface area contributed by atoms with Gasteiger partial charge in [0.1, 0.15) is 6.10 Å². The van der Waals surface area contributed by atoms with Crippen LogP contribution >= 0.6 is 0 Å². The number of ether oxygens (including phenoxy) is 2. The summed E-state index contributed by atoms with van der Waals surface area (Å²) >= 11 is 0. The van der Waals surface area contributed by atoms with Crippen molar-refractivity contribution in [2.75, 3.05) is 6.61 Å². The lowest BCUT2D eigenvalue weighted by molar-refractivity contribution is -0.384. The fraction of sp³-hybridized carbons (Fsp3) is 0.462. The molecule has 0 unspecified atom stereocenters. The van der Waals surface area contributed by atoms with Crippen LogP contribution in [0.25, 0.3) is 0 Å². The van der Waals surface area contributed by atoms with Crippen molar-refractivity contribution in [2.24, 2.45) is 0 Å². The van der Waals surface area contributed by atoms with Gasteiger partial charge in [-0.3, -0.25) is 10.1 Å². The SMILES string of the molecule is CC[C@H]1OCC[C@@H]1OC(=O)c1ccc([N+](=O)[O-])cc1. The van der Waals surface area contributed by atoms with Crippen molar-refractivity contribution < 1.29 is 19.2 Å². The maximum absolute atomic E-state index is 11.9. The van der Waals surface area contributed by atoms with Crippen molar-refractivity contribution in [2.45, 2.75) is 32.0 Å². The monoisotopic (exact) mass is 265 g/mol. The number of nitro groups is 1. The van der Waals surface area contributed by atoms with E-state index in [1.165, 1.54) is 24.3 Å². The summed E-state index contributed by atoms with van der Waals surface area (Å²) in [5, 5.41) is 10.5. The van der Waals surface area contributed by atoms with Crippen LogP contribution in [0.2, 0.25) is 0 Å². The molecule has 1 aromatic rings. The summed E-state index contributed by atoms with van der Waals surface area (Å²) in [7, 11) is 0.